The number of sulfone groups is 1. The molecule has 0 aromatic carbocycles. The van der Waals surface area contributed by atoms with Crippen LogP contribution in [0.15, 0.2) is 6.20 Å². The summed E-state index contributed by atoms with van der Waals surface area (Å²) in [5.74, 6) is 0.402. The summed E-state index contributed by atoms with van der Waals surface area (Å²) in [6, 6.07) is 0. The number of hydrogen-bond donors (Lipinski definition) is 1. The number of ether oxygens (including phenoxy) is 1. The first-order valence-electron chi connectivity index (χ1n) is 10.3. The molecule has 2 heterocycles. The van der Waals surface area contributed by atoms with E-state index >= 15 is 0 Å². The van der Waals surface area contributed by atoms with Gasteiger partial charge in [-0.2, -0.15) is 0 Å². The Morgan fingerprint density at radius 2 is 1.93 bits per heavy atom. The van der Waals surface area contributed by atoms with Crippen LogP contribution in [0.4, 0.5) is 0 Å². The molecule has 1 aliphatic rings. The zero-order valence-electron chi connectivity index (χ0n) is 18.1. The lowest BCUT2D eigenvalue weighted by atomic mass is 9.96. The molecule has 0 saturated carbocycles. The van der Waals surface area contributed by atoms with Crippen LogP contribution >= 0.6 is 0 Å². The molecule has 9 nitrogen and oxygen atoms in total. The summed E-state index contributed by atoms with van der Waals surface area (Å²) in [6.07, 6.45) is 4.84. The summed E-state index contributed by atoms with van der Waals surface area (Å²) >= 11 is 0. The number of aromatic nitrogens is 3. The number of carbonyl (C=O) groups is 1. The smallest absolute Gasteiger partial charge is 0.207 e. The van der Waals surface area contributed by atoms with Crippen molar-refractivity contribution in [3.8, 4) is 0 Å². The molecule has 2 atom stereocenters. The Labute approximate surface area is 174 Å². The molecular weight excluding hydrogens is 394 g/mol. The Hall–Kier alpha value is -1.52. The van der Waals surface area contributed by atoms with Crippen molar-refractivity contribution in [1.82, 2.24) is 25.2 Å². The molecule has 1 aliphatic heterocycles. The minimum Gasteiger partial charge on any atom is -0.373 e. The van der Waals surface area contributed by atoms with Gasteiger partial charge in [-0.25, -0.2) is 13.1 Å². The van der Waals surface area contributed by atoms with Crippen molar-refractivity contribution in [2.24, 2.45) is 0 Å². The Morgan fingerprint density at radius 3 is 2.52 bits per heavy atom. The summed E-state index contributed by atoms with van der Waals surface area (Å²) in [6.45, 7) is 11.1. The SMILES string of the molecule is CCC(C)(CCNC=O)OCC(C)(CC)n1nncc1CN1CCS(=O)(=O)CC1. The van der Waals surface area contributed by atoms with Crippen LogP contribution in [0.3, 0.4) is 0 Å². The van der Waals surface area contributed by atoms with Gasteiger partial charge in [-0.15, -0.1) is 5.10 Å². The number of nitrogens with zero attached hydrogens (tertiary/aromatic N) is 4. The Kier molecular flexibility index (Phi) is 8.18. The van der Waals surface area contributed by atoms with Crippen LogP contribution in [0, 0.1) is 0 Å². The van der Waals surface area contributed by atoms with E-state index in [1.807, 2.05) is 4.68 Å². The largest absolute Gasteiger partial charge is 0.373 e. The average Bonchev–Trinajstić information content (AvgIpc) is 3.17. The molecule has 0 bridgehead atoms. The first-order chi connectivity index (χ1) is 13.7. The van der Waals surface area contributed by atoms with E-state index in [0.717, 1.165) is 25.0 Å². The van der Waals surface area contributed by atoms with Crippen LogP contribution in [0.1, 0.15) is 52.7 Å². The van der Waals surface area contributed by atoms with Crippen LogP contribution in [-0.2, 0) is 31.5 Å². The van der Waals surface area contributed by atoms with E-state index in [1.165, 1.54) is 0 Å². The second-order valence-corrected chi connectivity index (χ2v) is 10.6. The monoisotopic (exact) mass is 429 g/mol. The molecule has 1 aromatic rings. The molecule has 0 spiro atoms. The van der Waals surface area contributed by atoms with E-state index < -0.39 is 9.84 Å². The van der Waals surface area contributed by atoms with E-state index in [9.17, 15) is 13.2 Å². The molecule has 0 radical (unpaired) electrons. The molecule has 0 aliphatic carbocycles. The van der Waals surface area contributed by atoms with Crippen LogP contribution in [0.5, 0.6) is 0 Å². The van der Waals surface area contributed by atoms with Gasteiger partial charge in [0.15, 0.2) is 9.84 Å². The lowest BCUT2D eigenvalue weighted by Crippen LogP contribution is -2.44. The Morgan fingerprint density at radius 1 is 1.24 bits per heavy atom. The Bertz CT molecular complexity index is 754. The maximum atomic E-state index is 11.7. The number of rotatable bonds is 12. The normalized spacial score (nSPS) is 21.2. The molecule has 1 fully saturated rings. The van der Waals surface area contributed by atoms with Gasteiger partial charge in [0.1, 0.15) is 0 Å². The minimum absolute atomic E-state index is 0.201. The molecule has 1 amide bonds. The van der Waals surface area contributed by atoms with Gasteiger partial charge < -0.3 is 10.1 Å². The van der Waals surface area contributed by atoms with Gasteiger partial charge >= 0.3 is 0 Å². The predicted molar refractivity (Wildman–Crippen MR) is 111 cm³/mol. The fourth-order valence-corrected chi connectivity index (χ4v) is 4.62. The molecule has 10 heteroatoms. The first kappa shape index (κ1) is 23.8. The lowest BCUT2D eigenvalue weighted by Gasteiger charge is -2.36. The molecule has 1 saturated heterocycles. The van der Waals surface area contributed by atoms with Crippen molar-refractivity contribution in [2.75, 3.05) is 37.7 Å². The minimum atomic E-state index is -2.90. The molecule has 29 heavy (non-hydrogen) atoms. The predicted octanol–water partition coefficient (Wildman–Crippen LogP) is 0.955. The van der Waals surface area contributed by atoms with Crippen molar-refractivity contribution in [3.63, 3.8) is 0 Å². The third-order valence-electron chi connectivity index (χ3n) is 6.08. The number of amides is 1. The Balaban J connectivity index is 2.06. The van der Waals surface area contributed by atoms with Crippen molar-refractivity contribution >= 4 is 16.2 Å². The summed E-state index contributed by atoms with van der Waals surface area (Å²) in [5, 5.41) is 11.2. The van der Waals surface area contributed by atoms with Crippen LogP contribution in [0.2, 0.25) is 0 Å². The molecule has 166 valence electrons. The molecule has 2 unspecified atom stereocenters. The first-order valence-corrected chi connectivity index (χ1v) is 12.1. The molecule has 1 aromatic heterocycles. The zero-order valence-corrected chi connectivity index (χ0v) is 18.9. The van der Waals surface area contributed by atoms with Gasteiger partial charge in [-0.1, -0.05) is 19.1 Å². The second kappa shape index (κ2) is 9.99. The summed E-state index contributed by atoms with van der Waals surface area (Å²) in [7, 11) is -2.90. The molecule has 1 N–H and O–H groups in total. The quantitative estimate of drug-likeness (QED) is 0.389. The molecule has 2 rings (SSSR count). The summed E-state index contributed by atoms with van der Waals surface area (Å²) in [4.78, 5) is 12.7. The fourth-order valence-electron chi connectivity index (χ4n) is 3.35. The highest BCUT2D eigenvalue weighted by molar-refractivity contribution is 7.91. The van der Waals surface area contributed by atoms with E-state index in [0.29, 0.717) is 39.2 Å². The van der Waals surface area contributed by atoms with Crippen LogP contribution < -0.4 is 5.32 Å². The van der Waals surface area contributed by atoms with Crippen molar-refractivity contribution in [1.29, 1.82) is 0 Å². The van der Waals surface area contributed by atoms with E-state index in [2.05, 4.69) is 48.2 Å². The standard InChI is InChI=1S/C19H35N5O4S/c1-5-18(3,15-28-19(4,6-2)7-8-20-16-25)24-17(13-21-22-24)14-23-9-11-29(26,27)12-10-23/h13,16H,5-12,14-15H2,1-4H3,(H,20,25). The zero-order chi connectivity index (χ0) is 21.5. The topological polar surface area (TPSA) is 106 Å². The van der Waals surface area contributed by atoms with Gasteiger partial charge in [0.25, 0.3) is 0 Å². The van der Waals surface area contributed by atoms with Crippen molar-refractivity contribution in [3.05, 3.63) is 11.9 Å². The maximum Gasteiger partial charge on any atom is 0.207 e. The third-order valence-corrected chi connectivity index (χ3v) is 7.69. The van der Waals surface area contributed by atoms with Crippen molar-refractivity contribution < 1.29 is 17.9 Å². The van der Waals surface area contributed by atoms with Gasteiger partial charge in [-0.05, 0) is 33.1 Å². The number of hydrogen-bond acceptors (Lipinski definition) is 7. The van der Waals surface area contributed by atoms with E-state index in [1.54, 1.807) is 6.20 Å². The highest BCUT2D eigenvalue weighted by Crippen LogP contribution is 2.27. The molecular formula is C19H35N5O4S. The number of carbonyl (C=O) groups excluding carboxylic acids is 1. The van der Waals surface area contributed by atoms with Gasteiger partial charge in [-0.3, -0.25) is 9.69 Å². The highest BCUT2D eigenvalue weighted by atomic mass is 32.2. The van der Waals surface area contributed by atoms with Crippen LogP contribution in [0.25, 0.3) is 0 Å². The average molecular weight is 430 g/mol. The fraction of sp³-hybridized carbons (Fsp3) is 0.842. The van der Waals surface area contributed by atoms with E-state index in [-0.39, 0.29) is 22.6 Å². The van der Waals surface area contributed by atoms with Crippen LogP contribution in [-0.4, -0.2) is 78.1 Å². The lowest BCUT2D eigenvalue weighted by molar-refractivity contribution is -0.110. The number of nitrogens with one attached hydrogen (secondary N) is 1. The van der Waals surface area contributed by atoms with Crippen molar-refractivity contribution in [2.45, 2.75) is 64.6 Å². The highest BCUT2D eigenvalue weighted by Gasteiger charge is 2.33. The van der Waals surface area contributed by atoms with Gasteiger partial charge in [0, 0.05) is 26.2 Å². The van der Waals surface area contributed by atoms with E-state index in [4.69, 9.17) is 4.74 Å². The van der Waals surface area contributed by atoms with Gasteiger partial charge in [0.2, 0.25) is 6.41 Å². The second-order valence-electron chi connectivity index (χ2n) is 8.33. The summed E-state index contributed by atoms with van der Waals surface area (Å²) < 4.78 is 31.6. The third kappa shape index (κ3) is 6.48. The maximum absolute atomic E-state index is 11.7. The summed E-state index contributed by atoms with van der Waals surface area (Å²) in [5.41, 5.74) is 0.245. The van der Waals surface area contributed by atoms with Gasteiger partial charge in [0.05, 0.1) is 41.1 Å².